The average Bonchev–Trinajstić information content (AvgIpc) is 2.88. The standard InChI is InChI=1S/C27H31N3O4S/c1-34-25-15-9-14-24(20-25)30(35(2,32)33)21-26(31)28-16-18-29(19-17-28)27(22-10-5-3-6-11-22)23-12-7-4-8-13-23/h3-15,20,27H,16-19,21H2,1-2H3. The SMILES string of the molecule is COc1cccc(N(CC(=O)N2CCN(C(c3ccccc3)c3ccccc3)CC2)S(C)(=O)=O)c1. The quantitative estimate of drug-likeness (QED) is 0.481. The van der Waals surface area contributed by atoms with Crippen molar-refractivity contribution in [1.82, 2.24) is 9.80 Å². The number of amides is 1. The highest BCUT2D eigenvalue weighted by molar-refractivity contribution is 7.92. The lowest BCUT2D eigenvalue weighted by molar-refractivity contribution is -0.131. The molecule has 0 bridgehead atoms. The number of nitrogens with zero attached hydrogens (tertiary/aromatic N) is 3. The van der Waals surface area contributed by atoms with Gasteiger partial charge in [-0.15, -0.1) is 0 Å². The van der Waals surface area contributed by atoms with E-state index in [1.807, 2.05) is 36.4 Å². The first-order valence-corrected chi connectivity index (χ1v) is 13.4. The number of carbonyl (C=O) groups excluding carboxylic acids is 1. The summed E-state index contributed by atoms with van der Waals surface area (Å²) in [5.74, 6) is 0.318. The maximum absolute atomic E-state index is 13.2. The highest BCUT2D eigenvalue weighted by atomic mass is 32.2. The summed E-state index contributed by atoms with van der Waals surface area (Å²) < 4.78 is 31.4. The Bertz CT molecular complexity index is 1190. The van der Waals surface area contributed by atoms with Crippen LogP contribution in [0.1, 0.15) is 17.2 Å². The molecule has 0 aromatic heterocycles. The Morgan fingerprint density at radius 1 is 0.886 bits per heavy atom. The fourth-order valence-corrected chi connectivity index (χ4v) is 5.34. The second kappa shape index (κ2) is 10.9. The Morgan fingerprint density at radius 3 is 1.97 bits per heavy atom. The zero-order chi connectivity index (χ0) is 24.8. The van der Waals surface area contributed by atoms with Gasteiger partial charge in [0.2, 0.25) is 15.9 Å². The van der Waals surface area contributed by atoms with Crippen LogP contribution in [0.4, 0.5) is 5.69 Å². The number of carbonyl (C=O) groups is 1. The predicted octanol–water partition coefficient (Wildman–Crippen LogP) is 3.40. The van der Waals surface area contributed by atoms with Crippen molar-refractivity contribution in [3.63, 3.8) is 0 Å². The molecular formula is C27H31N3O4S. The van der Waals surface area contributed by atoms with Crippen LogP contribution in [0.25, 0.3) is 0 Å². The molecule has 1 aliphatic heterocycles. The first kappa shape index (κ1) is 24.8. The molecular weight excluding hydrogens is 462 g/mol. The molecule has 1 amide bonds. The molecule has 1 heterocycles. The summed E-state index contributed by atoms with van der Waals surface area (Å²) in [6, 6.07) is 27.6. The molecule has 8 heteroatoms. The normalized spacial score (nSPS) is 14.7. The smallest absolute Gasteiger partial charge is 0.243 e. The topological polar surface area (TPSA) is 70.2 Å². The highest BCUT2D eigenvalue weighted by Crippen LogP contribution is 2.29. The maximum Gasteiger partial charge on any atom is 0.243 e. The van der Waals surface area contributed by atoms with Gasteiger partial charge in [-0.2, -0.15) is 0 Å². The van der Waals surface area contributed by atoms with E-state index in [9.17, 15) is 13.2 Å². The van der Waals surface area contributed by atoms with E-state index in [0.29, 0.717) is 37.6 Å². The van der Waals surface area contributed by atoms with Crippen LogP contribution in [0.2, 0.25) is 0 Å². The van der Waals surface area contributed by atoms with E-state index in [1.165, 1.54) is 18.2 Å². The van der Waals surface area contributed by atoms with E-state index in [2.05, 4.69) is 29.2 Å². The van der Waals surface area contributed by atoms with Gasteiger partial charge in [-0.1, -0.05) is 66.7 Å². The third-order valence-corrected chi connectivity index (χ3v) is 7.42. The van der Waals surface area contributed by atoms with Crippen LogP contribution in [-0.2, 0) is 14.8 Å². The van der Waals surface area contributed by atoms with Gasteiger partial charge in [0.1, 0.15) is 12.3 Å². The second-order valence-electron chi connectivity index (χ2n) is 8.61. The van der Waals surface area contributed by atoms with Gasteiger partial charge in [0.25, 0.3) is 0 Å². The molecule has 1 aliphatic rings. The summed E-state index contributed by atoms with van der Waals surface area (Å²) in [7, 11) is -2.13. The van der Waals surface area contributed by atoms with Crippen molar-refractivity contribution in [1.29, 1.82) is 0 Å². The molecule has 1 saturated heterocycles. The molecule has 3 aromatic carbocycles. The van der Waals surface area contributed by atoms with Gasteiger partial charge in [-0.3, -0.25) is 14.0 Å². The second-order valence-corrected chi connectivity index (χ2v) is 10.5. The maximum atomic E-state index is 13.2. The lowest BCUT2D eigenvalue weighted by Crippen LogP contribution is -2.52. The van der Waals surface area contributed by atoms with E-state index >= 15 is 0 Å². The molecule has 0 saturated carbocycles. The summed E-state index contributed by atoms with van der Waals surface area (Å²) in [5.41, 5.74) is 2.83. The zero-order valence-corrected chi connectivity index (χ0v) is 20.9. The Kier molecular flexibility index (Phi) is 7.73. The lowest BCUT2D eigenvalue weighted by Gasteiger charge is -2.40. The molecule has 4 rings (SSSR count). The highest BCUT2D eigenvalue weighted by Gasteiger charge is 2.30. The van der Waals surface area contributed by atoms with Gasteiger partial charge in [-0.25, -0.2) is 8.42 Å². The minimum Gasteiger partial charge on any atom is -0.497 e. The minimum absolute atomic E-state index is 0.0963. The van der Waals surface area contributed by atoms with Gasteiger partial charge >= 0.3 is 0 Å². The monoisotopic (exact) mass is 493 g/mol. The van der Waals surface area contributed by atoms with E-state index in [-0.39, 0.29) is 18.5 Å². The van der Waals surface area contributed by atoms with E-state index in [4.69, 9.17) is 4.74 Å². The molecule has 0 radical (unpaired) electrons. The Morgan fingerprint density at radius 2 is 1.46 bits per heavy atom. The molecule has 0 N–H and O–H groups in total. The van der Waals surface area contributed by atoms with Crippen molar-refractivity contribution in [2.75, 3.05) is 50.4 Å². The number of hydrogen-bond acceptors (Lipinski definition) is 5. The van der Waals surface area contributed by atoms with E-state index in [0.717, 1.165) is 10.6 Å². The van der Waals surface area contributed by atoms with Crippen LogP contribution < -0.4 is 9.04 Å². The van der Waals surface area contributed by atoms with Crippen molar-refractivity contribution in [2.45, 2.75) is 6.04 Å². The largest absolute Gasteiger partial charge is 0.497 e. The van der Waals surface area contributed by atoms with E-state index in [1.54, 1.807) is 29.2 Å². The van der Waals surface area contributed by atoms with Crippen LogP contribution in [0.3, 0.4) is 0 Å². The van der Waals surface area contributed by atoms with Crippen LogP contribution in [-0.4, -0.2) is 70.2 Å². The summed E-state index contributed by atoms with van der Waals surface area (Å²) in [5, 5.41) is 0. The molecule has 0 aliphatic carbocycles. The number of piperazine rings is 1. The zero-order valence-electron chi connectivity index (χ0n) is 20.1. The van der Waals surface area contributed by atoms with Gasteiger partial charge in [0, 0.05) is 32.2 Å². The minimum atomic E-state index is -3.65. The fraction of sp³-hybridized carbons (Fsp3) is 0.296. The molecule has 7 nitrogen and oxygen atoms in total. The third-order valence-electron chi connectivity index (χ3n) is 6.28. The van der Waals surface area contributed by atoms with E-state index < -0.39 is 10.0 Å². The average molecular weight is 494 g/mol. The number of ether oxygens (including phenoxy) is 1. The summed E-state index contributed by atoms with van der Waals surface area (Å²) in [6.45, 7) is 2.21. The van der Waals surface area contributed by atoms with Crippen molar-refractivity contribution < 1.29 is 17.9 Å². The number of sulfonamides is 1. The first-order chi connectivity index (χ1) is 16.9. The Balaban J connectivity index is 1.47. The Hall–Kier alpha value is -3.36. The van der Waals surface area contributed by atoms with Crippen molar-refractivity contribution in [3.8, 4) is 5.75 Å². The van der Waals surface area contributed by atoms with Crippen LogP contribution in [0.5, 0.6) is 5.75 Å². The van der Waals surface area contributed by atoms with Crippen LogP contribution >= 0.6 is 0 Å². The van der Waals surface area contributed by atoms with Gasteiger partial charge in [0.05, 0.1) is 25.1 Å². The predicted molar refractivity (Wildman–Crippen MR) is 138 cm³/mol. The molecule has 1 fully saturated rings. The molecule has 0 spiro atoms. The number of hydrogen-bond donors (Lipinski definition) is 0. The number of benzene rings is 3. The lowest BCUT2D eigenvalue weighted by atomic mass is 9.96. The van der Waals surface area contributed by atoms with Crippen molar-refractivity contribution >= 4 is 21.6 Å². The summed E-state index contributed by atoms with van der Waals surface area (Å²) in [4.78, 5) is 17.3. The van der Waals surface area contributed by atoms with Gasteiger partial charge in [-0.05, 0) is 23.3 Å². The van der Waals surface area contributed by atoms with Crippen LogP contribution in [0.15, 0.2) is 84.9 Å². The van der Waals surface area contributed by atoms with Crippen molar-refractivity contribution in [3.05, 3.63) is 96.1 Å². The van der Waals surface area contributed by atoms with Crippen LogP contribution in [0, 0.1) is 0 Å². The van der Waals surface area contributed by atoms with Gasteiger partial charge < -0.3 is 9.64 Å². The van der Waals surface area contributed by atoms with Gasteiger partial charge in [0.15, 0.2) is 0 Å². The van der Waals surface area contributed by atoms with Crippen molar-refractivity contribution in [2.24, 2.45) is 0 Å². The summed E-state index contributed by atoms with van der Waals surface area (Å²) in [6.07, 6.45) is 1.11. The first-order valence-electron chi connectivity index (χ1n) is 11.6. The fourth-order valence-electron chi connectivity index (χ4n) is 4.50. The third kappa shape index (κ3) is 6.01. The number of anilines is 1. The molecule has 3 aromatic rings. The molecule has 184 valence electrons. The Labute approximate surface area is 207 Å². The molecule has 0 atom stereocenters. The number of rotatable bonds is 8. The summed E-state index contributed by atoms with van der Waals surface area (Å²) >= 11 is 0. The molecule has 0 unspecified atom stereocenters. The molecule has 35 heavy (non-hydrogen) atoms. The number of methoxy groups -OCH3 is 1.